The second kappa shape index (κ2) is 9.39. The summed E-state index contributed by atoms with van der Waals surface area (Å²) in [5.41, 5.74) is 5.45. The van der Waals surface area contributed by atoms with Crippen molar-refractivity contribution in [2.75, 3.05) is 13.1 Å². The first kappa shape index (κ1) is 19.2. The van der Waals surface area contributed by atoms with Crippen LogP contribution < -0.4 is 10.5 Å². The van der Waals surface area contributed by atoms with E-state index in [0.717, 1.165) is 45.1 Å². The van der Waals surface area contributed by atoms with Crippen LogP contribution >= 0.6 is 0 Å². The first-order chi connectivity index (χ1) is 12.0. The molecule has 2 amide bonds. The van der Waals surface area contributed by atoms with Gasteiger partial charge < -0.3 is 15.4 Å². The van der Waals surface area contributed by atoms with Gasteiger partial charge in [-0.2, -0.15) is 0 Å². The molecule has 6 nitrogen and oxygen atoms in total. The van der Waals surface area contributed by atoms with Gasteiger partial charge in [0, 0.05) is 24.7 Å². The highest BCUT2D eigenvalue weighted by molar-refractivity contribution is 5.91. The summed E-state index contributed by atoms with van der Waals surface area (Å²) < 4.78 is 5.98. The predicted molar refractivity (Wildman–Crippen MR) is 96.3 cm³/mol. The highest BCUT2D eigenvalue weighted by Crippen LogP contribution is 2.23. The number of hydrogen-bond donors (Lipinski definition) is 1. The number of aromatic nitrogens is 1. The van der Waals surface area contributed by atoms with Gasteiger partial charge in [-0.3, -0.25) is 14.6 Å². The molecule has 1 aliphatic heterocycles. The fraction of sp³-hybridized carbons (Fsp3) is 0.632. The van der Waals surface area contributed by atoms with Crippen molar-refractivity contribution in [2.45, 2.75) is 58.5 Å². The lowest BCUT2D eigenvalue weighted by Crippen LogP contribution is -2.46. The lowest BCUT2D eigenvalue weighted by molar-refractivity contribution is -0.138. The van der Waals surface area contributed by atoms with Crippen molar-refractivity contribution in [1.82, 2.24) is 9.88 Å². The van der Waals surface area contributed by atoms with Crippen molar-refractivity contribution < 1.29 is 14.3 Å². The van der Waals surface area contributed by atoms with Crippen molar-refractivity contribution in [3.63, 3.8) is 0 Å². The maximum Gasteiger partial charge on any atom is 0.267 e. The topological polar surface area (TPSA) is 85.5 Å². The number of likely N-dealkylation sites (tertiary alicyclic amines) is 1. The summed E-state index contributed by atoms with van der Waals surface area (Å²) in [6.45, 7) is 5.64. The second-order valence-corrected chi connectivity index (χ2v) is 6.68. The molecule has 25 heavy (non-hydrogen) atoms. The Bertz CT molecular complexity index is 585. The Morgan fingerprint density at radius 1 is 1.36 bits per heavy atom. The van der Waals surface area contributed by atoms with E-state index in [2.05, 4.69) is 18.8 Å². The monoisotopic (exact) mass is 347 g/mol. The largest absolute Gasteiger partial charge is 0.488 e. The van der Waals surface area contributed by atoms with E-state index in [1.807, 2.05) is 4.90 Å². The number of primary amides is 1. The number of piperidine rings is 1. The zero-order valence-corrected chi connectivity index (χ0v) is 15.2. The molecule has 0 saturated carbocycles. The first-order valence-corrected chi connectivity index (χ1v) is 9.26. The Balaban J connectivity index is 1.99. The van der Waals surface area contributed by atoms with E-state index in [-0.39, 0.29) is 23.6 Å². The maximum absolute atomic E-state index is 12.8. The number of ether oxygens (including phenoxy) is 1. The Kier molecular flexibility index (Phi) is 7.22. The second-order valence-electron chi connectivity index (χ2n) is 6.68. The molecule has 2 heterocycles. The summed E-state index contributed by atoms with van der Waals surface area (Å²) in [6.07, 6.45) is 7.21. The van der Waals surface area contributed by atoms with Gasteiger partial charge in [-0.15, -0.1) is 0 Å². The summed E-state index contributed by atoms with van der Waals surface area (Å²) in [5.74, 6) is 0.371. The van der Waals surface area contributed by atoms with E-state index in [0.29, 0.717) is 12.3 Å². The van der Waals surface area contributed by atoms with E-state index in [1.165, 1.54) is 6.20 Å². The summed E-state index contributed by atoms with van der Waals surface area (Å²) in [6, 6.07) is 3.27. The average Bonchev–Trinajstić information content (AvgIpc) is 2.61. The Hall–Kier alpha value is -2.11. The fourth-order valence-corrected chi connectivity index (χ4v) is 3.39. The van der Waals surface area contributed by atoms with Gasteiger partial charge in [-0.1, -0.05) is 26.7 Å². The lowest BCUT2D eigenvalue weighted by Gasteiger charge is -2.35. The molecule has 1 unspecified atom stereocenters. The number of amides is 2. The molecular formula is C19H29N3O3. The van der Waals surface area contributed by atoms with Crippen molar-refractivity contribution in [3.8, 4) is 5.75 Å². The number of nitrogens with zero attached hydrogens (tertiary/aromatic N) is 2. The first-order valence-electron chi connectivity index (χ1n) is 9.26. The van der Waals surface area contributed by atoms with Crippen LogP contribution in [0.2, 0.25) is 0 Å². The van der Waals surface area contributed by atoms with Crippen molar-refractivity contribution in [3.05, 3.63) is 24.0 Å². The molecule has 0 radical (unpaired) electrons. The quantitative estimate of drug-likeness (QED) is 0.783. The van der Waals surface area contributed by atoms with Gasteiger partial charge in [-0.05, 0) is 31.7 Å². The van der Waals surface area contributed by atoms with E-state index in [1.54, 1.807) is 12.1 Å². The third kappa shape index (κ3) is 5.44. The van der Waals surface area contributed by atoms with Crippen molar-refractivity contribution in [2.24, 2.45) is 11.7 Å². The van der Waals surface area contributed by atoms with Crippen molar-refractivity contribution >= 4 is 11.8 Å². The van der Waals surface area contributed by atoms with Crippen LogP contribution in [0.5, 0.6) is 5.75 Å². The van der Waals surface area contributed by atoms with Gasteiger partial charge in [0.25, 0.3) is 5.91 Å². The number of nitrogens with two attached hydrogens (primary N) is 1. The molecule has 0 spiro atoms. The zero-order valence-electron chi connectivity index (χ0n) is 15.2. The minimum absolute atomic E-state index is 0.0651. The number of rotatable bonds is 8. The average molecular weight is 347 g/mol. The molecule has 1 aromatic rings. The summed E-state index contributed by atoms with van der Waals surface area (Å²) >= 11 is 0. The van der Waals surface area contributed by atoms with Gasteiger partial charge in [0.15, 0.2) is 0 Å². The molecule has 6 heteroatoms. The zero-order chi connectivity index (χ0) is 18.2. The molecule has 1 aliphatic rings. The maximum atomic E-state index is 12.8. The Morgan fingerprint density at radius 2 is 2.08 bits per heavy atom. The lowest BCUT2D eigenvalue weighted by atomic mass is 9.95. The van der Waals surface area contributed by atoms with Crippen LogP contribution in [0.1, 0.15) is 62.9 Å². The van der Waals surface area contributed by atoms with Crippen LogP contribution in [0.3, 0.4) is 0 Å². The van der Waals surface area contributed by atoms with Gasteiger partial charge in [0.1, 0.15) is 17.5 Å². The Labute approximate surface area is 149 Å². The number of carbonyl (C=O) groups is 2. The summed E-state index contributed by atoms with van der Waals surface area (Å²) in [7, 11) is 0. The van der Waals surface area contributed by atoms with Crippen LogP contribution in [0.15, 0.2) is 18.3 Å². The van der Waals surface area contributed by atoms with Crippen molar-refractivity contribution in [1.29, 1.82) is 0 Å². The molecular weight excluding hydrogens is 318 g/mol. The third-order valence-corrected chi connectivity index (χ3v) is 4.60. The Morgan fingerprint density at radius 3 is 2.72 bits per heavy atom. The number of hydrogen-bond acceptors (Lipinski definition) is 4. The van der Waals surface area contributed by atoms with Crippen LogP contribution in [0.25, 0.3) is 0 Å². The summed E-state index contributed by atoms with van der Waals surface area (Å²) in [5, 5.41) is 0. The third-order valence-electron chi connectivity index (χ3n) is 4.60. The van der Waals surface area contributed by atoms with Crippen LogP contribution in [-0.2, 0) is 4.79 Å². The molecule has 0 aliphatic carbocycles. The molecule has 1 saturated heterocycles. The smallest absolute Gasteiger partial charge is 0.267 e. The van der Waals surface area contributed by atoms with E-state index < -0.39 is 5.91 Å². The molecule has 1 fully saturated rings. The standard InChI is InChI=1S/C19H29N3O3/c1-3-6-14(7-4-2)19(24)22-11-5-8-16(13-22)25-15-9-10-21-17(12-15)18(20)23/h9-10,12,14,16H,3-8,11,13H2,1-2H3,(H2,20,23). The molecule has 138 valence electrons. The van der Waals surface area contributed by atoms with E-state index in [4.69, 9.17) is 10.5 Å². The SMILES string of the molecule is CCCC(CCC)C(=O)N1CCCC(Oc2ccnc(C(N)=O)c2)C1. The molecule has 1 aromatic heterocycles. The number of carbonyl (C=O) groups excluding carboxylic acids is 2. The number of pyridine rings is 1. The van der Waals surface area contributed by atoms with Gasteiger partial charge >= 0.3 is 0 Å². The van der Waals surface area contributed by atoms with Crippen LogP contribution in [0, 0.1) is 5.92 Å². The van der Waals surface area contributed by atoms with Crippen LogP contribution in [0.4, 0.5) is 0 Å². The van der Waals surface area contributed by atoms with E-state index >= 15 is 0 Å². The predicted octanol–water partition coefficient (Wildman–Crippen LogP) is 2.77. The van der Waals surface area contributed by atoms with E-state index in [9.17, 15) is 9.59 Å². The normalized spacial score (nSPS) is 17.6. The fourth-order valence-electron chi connectivity index (χ4n) is 3.39. The van der Waals surface area contributed by atoms with Crippen LogP contribution in [-0.4, -0.2) is 40.9 Å². The molecule has 2 N–H and O–H groups in total. The minimum Gasteiger partial charge on any atom is -0.488 e. The van der Waals surface area contributed by atoms with Gasteiger partial charge in [-0.25, -0.2) is 0 Å². The molecule has 0 aromatic carbocycles. The highest BCUT2D eigenvalue weighted by atomic mass is 16.5. The molecule has 2 rings (SSSR count). The molecule has 1 atom stereocenters. The van der Waals surface area contributed by atoms with Gasteiger partial charge in [0.05, 0.1) is 6.54 Å². The molecule has 0 bridgehead atoms. The minimum atomic E-state index is -0.576. The highest BCUT2D eigenvalue weighted by Gasteiger charge is 2.29. The summed E-state index contributed by atoms with van der Waals surface area (Å²) in [4.78, 5) is 29.9. The van der Waals surface area contributed by atoms with Gasteiger partial charge in [0.2, 0.25) is 5.91 Å².